The maximum Gasteiger partial charge on any atom is 0.373 e. The maximum absolute atomic E-state index is 12.1. The van der Waals surface area contributed by atoms with Crippen LogP contribution < -0.4 is 5.32 Å². The van der Waals surface area contributed by atoms with Crippen LogP contribution in [0, 0.1) is 5.92 Å². The number of amides is 1. The van der Waals surface area contributed by atoms with Crippen LogP contribution in [0.4, 0.5) is 5.13 Å². The van der Waals surface area contributed by atoms with Gasteiger partial charge in [-0.05, 0) is 25.0 Å². The smallest absolute Gasteiger partial charge is 0.373 e. The van der Waals surface area contributed by atoms with Crippen molar-refractivity contribution in [1.29, 1.82) is 0 Å². The molecule has 0 radical (unpaired) electrons. The summed E-state index contributed by atoms with van der Waals surface area (Å²) < 4.78 is 10.2. The zero-order valence-electron chi connectivity index (χ0n) is 14.6. The third-order valence-corrected chi connectivity index (χ3v) is 5.94. The van der Waals surface area contributed by atoms with Crippen LogP contribution in [0.1, 0.15) is 46.1 Å². The van der Waals surface area contributed by atoms with Crippen molar-refractivity contribution in [1.82, 2.24) is 9.88 Å². The van der Waals surface area contributed by atoms with Crippen molar-refractivity contribution in [2.75, 3.05) is 19.0 Å². The van der Waals surface area contributed by atoms with Gasteiger partial charge in [-0.25, -0.2) is 9.78 Å². The van der Waals surface area contributed by atoms with Gasteiger partial charge >= 0.3 is 5.97 Å². The van der Waals surface area contributed by atoms with Gasteiger partial charge in [0, 0.05) is 30.3 Å². The summed E-state index contributed by atoms with van der Waals surface area (Å²) in [6, 6.07) is 3.44. The molecule has 1 N–H and O–H groups in total. The number of thiazole rings is 1. The first-order valence-electron chi connectivity index (χ1n) is 8.81. The Morgan fingerprint density at radius 2 is 2.27 bits per heavy atom. The summed E-state index contributed by atoms with van der Waals surface area (Å²) in [6.07, 6.45) is 3.96. The van der Waals surface area contributed by atoms with E-state index in [1.807, 2.05) is 0 Å². The Hall–Kier alpha value is -2.19. The number of nitrogens with one attached hydrogen (secondary N) is 1. The van der Waals surface area contributed by atoms with Crippen molar-refractivity contribution in [2.45, 2.75) is 38.8 Å². The normalized spacial score (nSPS) is 17.4. The zero-order chi connectivity index (χ0) is 18.1. The molecule has 2 aromatic heterocycles. The molecule has 0 aromatic carbocycles. The number of esters is 1. The van der Waals surface area contributed by atoms with E-state index in [1.165, 1.54) is 12.0 Å². The number of hydrogen-bond donors (Lipinski definition) is 1. The molecule has 4 rings (SSSR count). The first kappa shape index (κ1) is 17.2. The number of anilines is 1. The largest absolute Gasteiger partial charge is 0.463 e. The number of nitrogens with zero attached hydrogens (tertiary/aromatic N) is 2. The topological polar surface area (TPSA) is 84.7 Å². The summed E-state index contributed by atoms with van der Waals surface area (Å²) in [6.45, 7) is 2.25. The van der Waals surface area contributed by atoms with Gasteiger partial charge in [0.25, 0.3) is 0 Å². The number of fused-ring (bicyclic) bond motifs is 1. The van der Waals surface area contributed by atoms with E-state index in [0.29, 0.717) is 11.7 Å². The van der Waals surface area contributed by atoms with Gasteiger partial charge in [-0.1, -0.05) is 6.42 Å². The number of ether oxygens (including phenoxy) is 1. The summed E-state index contributed by atoms with van der Waals surface area (Å²) in [5.41, 5.74) is 1.07. The van der Waals surface area contributed by atoms with E-state index in [9.17, 15) is 9.59 Å². The molecule has 0 unspecified atom stereocenters. The Morgan fingerprint density at radius 1 is 1.42 bits per heavy atom. The Kier molecular flexibility index (Phi) is 4.78. The van der Waals surface area contributed by atoms with Gasteiger partial charge in [0.1, 0.15) is 5.76 Å². The van der Waals surface area contributed by atoms with Gasteiger partial charge in [0.15, 0.2) is 5.13 Å². The van der Waals surface area contributed by atoms with E-state index in [2.05, 4.69) is 19.9 Å². The summed E-state index contributed by atoms with van der Waals surface area (Å²) in [7, 11) is 1.34. The Labute approximate surface area is 155 Å². The lowest BCUT2D eigenvalue weighted by molar-refractivity contribution is -0.122. The molecule has 3 heterocycles. The molecule has 1 amide bonds. The van der Waals surface area contributed by atoms with Crippen LogP contribution in [0.25, 0.3) is 0 Å². The van der Waals surface area contributed by atoms with Gasteiger partial charge in [0.2, 0.25) is 11.7 Å². The molecule has 26 heavy (non-hydrogen) atoms. The van der Waals surface area contributed by atoms with Crippen molar-refractivity contribution in [3.63, 3.8) is 0 Å². The number of aromatic nitrogens is 1. The first-order chi connectivity index (χ1) is 12.6. The Bertz CT molecular complexity index is 824. The molecular weight excluding hydrogens is 354 g/mol. The van der Waals surface area contributed by atoms with E-state index in [-0.39, 0.29) is 17.6 Å². The highest BCUT2D eigenvalue weighted by atomic mass is 32.1. The SMILES string of the molecule is COC(=O)c1ccc(CN2CCc3nc(NC(=O)C4CCC4)sc3C2)o1. The lowest BCUT2D eigenvalue weighted by Crippen LogP contribution is -2.29. The zero-order valence-corrected chi connectivity index (χ0v) is 15.4. The lowest BCUT2D eigenvalue weighted by Gasteiger charge is -2.24. The number of methoxy groups -OCH3 is 1. The van der Waals surface area contributed by atoms with Crippen LogP contribution in [0.15, 0.2) is 16.5 Å². The van der Waals surface area contributed by atoms with Gasteiger partial charge in [-0.3, -0.25) is 9.69 Å². The summed E-state index contributed by atoms with van der Waals surface area (Å²) >= 11 is 1.55. The van der Waals surface area contributed by atoms with Gasteiger partial charge in [0.05, 0.1) is 19.3 Å². The molecule has 0 atom stereocenters. The molecule has 2 aromatic rings. The standard InChI is InChI=1S/C18H21N3O4S/c1-24-17(23)14-6-5-12(25-14)9-21-8-7-13-15(10-21)26-18(19-13)20-16(22)11-3-2-4-11/h5-6,11H,2-4,7-10H2,1H3,(H,19,20,22). The second kappa shape index (κ2) is 7.20. The summed E-state index contributed by atoms with van der Waals surface area (Å²) in [5, 5.41) is 3.68. The minimum Gasteiger partial charge on any atom is -0.463 e. The van der Waals surface area contributed by atoms with Crippen molar-refractivity contribution < 1.29 is 18.7 Å². The van der Waals surface area contributed by atoms with E-state index in [0.717, 1.165) is 50.2 Å². The minimum atomic E-state index is -0.466. The highest BCUT2D eigenvalue weighted by Crippen LogP contribution is 2.32. The molecule has 0 saturated heterocycles. The molecule has 0 bridgehead atoms. The molecule has 138 valence electrons. The number of rotatable bonds is 5. The Morgan fingerprint density at radius 3 is 3.00 bits per heavy atom. The summed E-state index contributed by atoms with van der Waals surface area (Å²) in [4.78, 5) is 31.6. The Balaban J connectivity index is 1.37. The molecule has 2 aliphatic rings. The van der Waals surface area contributed by atoms with Crippen molar-refractivity contribution in [2.24, 2.45) is 5.92 Å². The molecule has 1 aliphatic heterocycles. The average molecular weight is 375 g/mol. The van der Waals surface area contributed by atoms with Crippen molar-refractivity contribution in [3.8, 4) is 0 Å². The maximum atomic E-state index is 12.1. The van der Waals surface area contributed by atoms with Crippen LogP contribution >= 0.6 is 11.3 Å². The molecule has 8 heteroatoms. The molecular formula is C18H21N3O4S. The second-order valence-electron chi connectivity index (χ2n) is 6.72. The first-order valence-corrected chi connectivity index (χ1v) is 9.63. The number of furan rings is 1. The van der Waals surface area contributed by atoms with Gasteiger partial charge in [-0.2, -0.15) is 0 Å². The minimum absolute atomic E-state index is 0.102. The third kappa shape index (κ3) is 3.52. The van der Waals surface area contributed by atoms with Gasteiger partial charge in [-0.15, -0.1) is 11.3 Å². The predicted octanol–water partition coefficient (Wildman–Crippen LogP) is 2.82. The molecule has 7 nitrogen and oxygen atoms in total. The monoisotopic (exact) mass is 375 g/mol. The molecule has 0 spiro atoms. The quantitative estimate of drug-likeness (QED) is 0.809. The van der Waals surface area contributed by atoms with Crippen LogP contribution in [0.5, 0.6) is 0 Å². The van der Waals surface area contributed by atoms with E-state index >= 15 is 0 Å². The number of hydrogen-bond acceptors (Lipinski definition) is 7. The fourth-order valence-corrected chi connectivity index (χ4v) is 4.26. The molecule has 1 fully saturated rings. The van der Waals surface area contributed by atoms with Crippen LogP contribution in [0.2, 0.25) is 0 Å². The number of carbonyl (C=O) groups is 2. The van der Waals surface area contributed by atoms with Crippen LogP contribution in [-0.4, -0.2) is 35.4 Å². The van der Waals surface area contributed by atoms with E-state index in [1.54, 1.807) is 23.5 Å². The van der Waals surface area contributed by atoms with Crippen LogP contribution in [0.3, 0.4) is 0 Å². The predicted molar refractivity (Wildman–Crippen MR) is 96.0 cm³/mol. The van der Waals surface area contributed by atoms with E-state index < -0.39 is 5.97 Å². The second-order valence-corrected chi connectivity index (χ2v) is 7.81. The van der Waals surface area contributed by atoms with Crippen molar-refractivity contribution >= 4 is 28.3 Å². The lowest BCUT2D eigenvalue weighted by atomic mass is 9.85. The fraction of sp³-hybridized carbons (Fsp3) is 0.500. The highest BCUT2D eigenvalue weighted by molar-refractivity contribution is 7.15. The highest BCUT2D eigenvalue weighted by Gasteiger charge is 2.27. The average Bonchev–Trinajstić information content (AvgIpc) is 3.18. The van der Waals surface area contributed by atoms with E-state index in [4.69, 9.17) is 4.42 Å². The summed E-state index contributed by atoms with van der Waals surface area (Å²) in [5.74, 6) is 0.753. The van der Waals surface area contributed by atoms with Crippen molar-refractivity contribution in [3.05, 3.63) is 34.2 Å². The molecule has 1 saturated carbocycles. The fourth-order valence-electron chi connectivity index (χ4n) is 3.21. The van der Waals surface area contributed by atoms with Gasteiger partial charge < -0.3 is 14.5 Å². The van der Waals surface area contributed by atoms with Crippen LogP contribution in [-0.2, 0) is 29.0 Å². The molecule has 1 aliphatic carbocycles. The number of carbonyl (C=O) groups excluding carboxylic acids is 2. The third-order valence-electron chi connectivity index (χ3n) is 4.94.